The van der Waals surface area contributed by atoms with Crippen LogP contribution in [0.4, 0.5) is 0 Å². The van der Waals surface area contributed by atoms with Crippen molar-refractivity contribution in [1.82, 2.24) is 0 Å². The summed E-state index contributed by atoms with van der Waals surface area (Å²) in [6.45, 7) is 2.05. The minimum absolute atomic E-state index is 0.120. The van der Waals surface area contributed by atoms with Gasteiger partial charge in [-0.25, -0.2) is 9.59 Å². The van der Waals surface area contributed by atoms with E-state index in [1.165, 1.54) is 0 Å². The fraction of sp³-hybridized carbons (Fsp3) is 0.556. The third-order valence-electron chi connectivity index (χ3n) is 3.65. The molecule has 1 aliphatic rings. The number of ether oxygens (including phenoxy) is 2. The quantitative estimate of drug-likeness (QED) is 0.585. The van der Waals surface area contributed by atoms with Gasteiger partial charge in [0, 0.05) is 0 Å². The molecule has 1 fully saturated rings. The number of hydrogen-bond acceptors (Lipinski definition) is 4. The minimum atomic E-state index is -0.930. The topological polar surface area (TPSA) is 52.6 Å². The largest absolute Gasteiger partial charge is 0.462 e. The van der Waals surface area contributed by atoms with Gasteiger partial charge in [-0.1, -0.05) is 31.9 Å². The maximum atomic E-state index is 12.6. The van der Waals surface area contributed by atoms with E-state index in [1.807, 2.05) is 6.92 Å². The number of carbonyl (C=O) groups excluding carboxylic acids is 2. The molecule has 0 spiro atoms. The highest BCUT2D eigenvalue weighted by molar-refractivity contribution is 6.03. The Kier molecular flexibility index (Phi) is 4.55. The van der Waals surface area contributed by atoms with Gasteiger partial charge >= 0.3 is 11.9 Å². The Morgan fingerprint density at radius 3 is 2.41 bits per heavy atom. The van der Waals surface area contributed by atoms with Gasteiger partial charge in [0.25, 0.3) is 0 Å². The van der Waals surface area contributed by atoms with Crippen LogP contribution in [-0.4, -0.2) is 24.6 Å². The molecule has 0 unspecified atom stereocenters. The van der Waals surface area contributed by atoms with Crippen LogP contribution in [0.1, 0.15) is 78.1 Å². The first-order chi connectivity index (χ1) is 12.4. The monoisotopic (exact) mass is 308 g/mol. The first-order valence-corrected chi connectivity index (χ1v) is 7.86. The lowest BCUT2D eigenvalue weighted by atomic mass is 9.97. The van der Waals surface area contributed by atoms with Crippen LogP contribution < -0.4 is 0 Å². The van der Waals surface area contributed by atoms with Crippen molar-refractivity contribution < 1.29 is 24.5 Å². The molecule has 2 rings (SSSR count). The van der Waals surface area contributed by atoms with Gasteiger partial charge in [0.1, 0.15) is 6.10 Å². The van der Waals surface area contributed by atoms with Crippen molar-refractivity contribution in [1.29, 1.82) is 0 Å². The smallest absolute Gasteiger partial charge is 0.339 e. The van der Waals surface area contributed by atoms with E-state index in [4.69, 9.17) is 15.0 Å². The van der Waals surface area contributed by atoms with E-state index in [1.54, 1.807) is 0 Å². The minimum Gasteiger partial charge on any atom is -0.462 e. The van der Waals surface area contributed by atoms with Crippen molar-refractivity contribution in [2.45, 2.75) is 58.0 Å². The summed E-state index contributed by atoms with van der Waals surface area (Å²) in [5.41, 5.74) is -0.893. The standard InChI is InChI=1S/C18H24O4/c1-2-3-13-21-17(19)15-11-7-8-12-16(15)18(20)22-14-9-5-4-6-10-14/h7-8,11-12,14H,2-6,9-10,13H2,1H3/i7D,8D,11D,12D. The van der Waals surface area contributed by atoms with Crippen LogP contribution in [-0.2, 0) is 9.47 Å². The molecule has 22 heavy (non-hydrogen) atoms. The van der Waals surface area contributed by atoms with Gasteiger partial charge in [-0.2, -0.15) is 0 Å². The van der Waals surface area contributed by atoms with Gasteiger partial charge in [-0.05, 0) is 44.2 Å². The third-order valence-corrected chi connectivity index (χ3v) is 3.65. The molecule has 1 aromatic carbocycles. The van der Waals surface area contributed by atoms with Crippen molar-refractivity contribution >= 4 is 11.9 Å². The molecule has 1 aromatic rings. The van der Waals surface area contributed by atoms with Gasteiger partial charge < -0.3 is 9.47 Å². The van der Waals surface area contributed by atoms with Crippen LogP contribution in [0.25, 0.3) is 0 Å². The average molecular weight is 308 g/mol. The Morgan fingerprint density at radius 2 is 1.77 bits per heavy atom. The highest BCUT2D eigenvalue weighted by atomic mass is 16.5. The van der Waals surface area contributed by atoms with E-state index in [2.05, 4.69) is 0 Å². The Hall–Kier alpha value is -1.84. The predicted octanol–water partition coefficient (Wildman–Crippen LogP) is 4.13. The third kappa shape index (κ3) is 4.58. The van der Waals surface area contributed by atoms with E-state index in [0.717, 1.165) is 25.7 Å². The molecule has 0 heterocycles. The van der Waals surface area contributed by atoms with E-state index < -0.39 is 47.2 Å². The summed E-state index contributed by atoms with van der Waals surface area (Å²) in [6, 6.07) is -2.31. The predicted molar refractivity (Wildman–Crippen MR) is 83.9 cm³/mol. The first kappa shape index (κ1) is 11.7. The first-order valence-electron chi connectivity index (χ1n) is 9.86. The number of hydrogen-bond donors (Lipinski definition) is 0. The highest BCUT2D eigenvalue weighted by Crippen LogP contribution is 2.22. The van der Waals surface area contributed by atoms with Gasteiger partial charge in [-0.3, -0.25) is 0 Å². The highest BCUT2D eigenvalue weighted by Gasteiger charge is 2.23. The molecular weight excluding hydrogens is 280 g/mol. The molecule has 0 N–H and O–H groups in total. The van der Waals surface area contributed by atoms with Gasteiger partial charge in [0.05, 0.1) is 23.2 Å². The van der Waals surface area contributed by atoms with E-state index in [0.29, 0.717) is 19.3 Å². The summed E-state index contributed by atoms with van der Waals surface area (Å²) >= 11 is 0. The van der Waals surface area contributed by atoms with E-state index in [9.17, 15) is 9.59 Å². The van der Waals surface area contributed by atoms with Crippen molar-refractivity contribution in [2.24, 2.45) is 0 Å². The lowest BCUT2D eigenvalue weighted by molar-refractivity contribution is 0.0203. The number of carbonyl (C=O) groups is 2. The molecular formula is C18H24O4. The molecule has 1 aliphatic carbocycles. The lowest BCUT2D eigenvalue weighted by Crippen LogP contribution is -2.22. The van der Waals surface area contributed by atoms with Crippen LogP contribution in [0.3, 0.4) is 0 Å². The second-order valence-corrected chi connectivity index (χ2v) is 5.40. The Bertz CT molecular complexity index is 685. The summed E-state index contributed by atoms with van der Waals surface area (Å²) in [7, 11) is 0. The fourth-order valence-electron chi connectivity index (χ4n) is 2.39. The molecule has 0 bridgehead atoms. The number of unbranched alkanes of at least 4 members (excludes halogenated alkanes) is 1. The van der Waals surface area contributed by atoms with Gasteiger partial charge in [-0.15, -0.1) is 0 Å². The normalized spacial score (nSPS) is 17.9. The van der Waals surface area contributed by atoms with Crippen LogP contribution in [0, 0.1) is 0 Å². The molecule has 4 nitrogen and oxygen atoms in total. The molecule has 0 saturated heterocycles. The summed E-state index contributed by atoms with van der Waals surface area (Å²) in [6.07, 6.45) is 5.52. The second kappa shape index (κ2) is 8.57. The van der Waals surface area contributed by atoms with E-state index >= 15 is 0 Å². The fourth-order valence-corrected chi connectivity index (χ4v) is 2.39. The van der Waals surface area contributed by atoms with Crippen LogP contribution >= 0.6 is 0 Å². The lowest BCUT2D eigenvalue weighted by Gasteiger charge is -2.22. The van der Waals surface area contributed by atoms with Crippen molar-refractivity contribution in [2.75, 3.05) is 6.61 Å². The van der Waals surface area contributed by atoms with Gasteiger partial charge in [0.15, 0.2) is 0 Å². The number of rotatable bonds is 6. The molecule has 1 saturated carbocycles. The van der Waals surface area contributed by atoms with Crippen molar-refractivity contribution in [3.63, 3.8) is 0 Å². The number of benzene rings is 1. The average Bonchev–Trinajstić information content (AvgIpc) is 2.63. The van der Waals surface area contributed by atoms with Crippen molar-refractivity contribution in [3.05, 3.63) is 35.3 Å². The zero-order valence-electron chi connectivity index (χ0n) is 16.9. The Labute approximate surface area is 137 Å². The summed E-state index contributed by atoms with van der Waals surface area (Å²) in [5, 5.41) is 0. The molecule has 4 heteroatoms. The Balaban J connectivity index is 2.38. The zero-order valence-corrected chi connectivity index (χ0v) is 12.9. The molecule has 0 radical (unpaired) electrons. The van der Waals surface area contributed by atoms with Crippen LogP contribution in [0.5, 0.6) is 0 Å². The number of esters is 2. The SMILES string of the molecule is [2H]c1c([2H])c([2H])c(C(=O)OC2CCCCC2)c(C(=O)OCCCC)c1[2H]. The van der Waals surface area contributed by atoms with Crippen LogP contribution in [0.2, 0.25) is 0 Å². The molecule has 0 aliphatic heterocycles. The molecule has 0 amide bonds. The zero-order chi connectivity index (χ0) is 19.3. The molecule has 0 atom stereocenters. The van der Waals surface area contributed by atoms with Crippen LogP contribution in [0.15, 0.2) is 24.2 Å². The van der Waals surface area contributed by atoms with Gasteiger partial charge in [0.2, 0.25) is 0 Å². The maximum Gasteiger partial charge on any atom is 0.339 e. The van der Waals surface area contributed by atoms with Crippen molar-refractivity contribution in [3.8, 4) is 0 Å². The summed E-state index contributed by atoms with van der Waals surface area (Å²) in [5.74, 6) is -1.83. The maximum absolute atomic E-state index is 12.6. The van der Waals surface area contributed by atoms with E-state index in [-0.39, 0.29) is 12.7 Å². The second-order valence-electron chi connectivity index (χ2n) is 5.40. The molecule has 120 valence electrons. The summed E-state index contributed by atoms with van der Waals surface area (Å²) < 4.78 is 42.1. The summed E-state index contributed by atoms with van der Waals surface area (Å²) in [4.78, 5) is 25.0. The molecule has 0 aromatic heterocycles. The Morgan fingerprint density at radius 1 is 1.14 bits per heavy atom.